The first-order chi connectivity index (χ1) is 37.0. The summed E-state index contributed by atoms with van der Waals surface area (Å²) in [4.78, 5) is 2.53. The normalized spacial score (nSPS) is 19.2. The Hall–Kier alpha value is -8.96. The van der Waals surface area contributed by atoms with E-state index in [4.69, 9.17) is 9.47 Å². The summed E-state index contributed by atoms with van der Waals surface area (Å²) >= 11 is 1.85. The molecule has 11 aromatic carbocycles. The fraction of sp³-hybridized carbons (Fsp3) is 0.0704. The SMILES string of the molecule is CC12C=c3ccccc3=CC1C1(c3ccccc3Oc3ccc(N(c4ccc5c(c4)C4(c6cc7ccccc7cc6O5)c5ccccc5-c5ccccc54)c4cccc5sc6ccccc6c45)cc31)c1ccccc12. The van der Waals surface area contributed by atoms with Gasteiger partial charge in [0.2, 0.25) is 0 Å². The highest BCUT2D eigenvalue weighted by molar-refractivity contribution is 7.26. The minimum Gasteiger partial charge on any atom is -0.457 e. The molecule has 3 nitrogen and oxygen atoms in total. The summed E-state index contributed by atoms with van der Waals surface area (Å²) in [5.41, 5.74) is 13.9. The minimum atomic E-state index is -0.679. The Kier molecular flexibility index (Phi) is 8.22. The molecule has 0 saturated carbocycles. The molecule has 0 amide bonds. The lowest BCUT2D eigenvalue weighted by atomic mass is 9.58. The van der Waals surface area contributed by atoms with E-state index in [0.717, 1.165) is 62.1 Å². The Balaban J connectivity index is 0.971. The van der Waals surface area contributed by atoms with Crippen molar-refractivity contribution in [2.24, 2.45) is 5.92 Å². The van der Waals surface area contributed by atoms with Crippen molar-refractivity contribution in [2.45, 2.75) is 23.2 Å². The maximum absolute atomic E-state index is 7.21. The fourth-order valence-corrected chi connectivity index (χ4v) is 15.9. The number of nitrogens with zero attached hydrogens (tertiary/aromatic N) is 1. The standard InChI is InChI=1S/C71H45NO2S/c1-69-42-46-20-5-4-19-45(46)39-67(69)71(55-27-12-11-26-54(55)69)56-28-13-14-30-61(56)73-63-36-34-48(41-59(63)71)72(60-29-16-32-66-68(60)51-23-8-15-31-65(51)75-66)47-33-35-62-58(40-47)70(57-37-43-17-2-3-18-44(43)38-64(57)74-62)52-24-9-6-21-49(52)50-22-7-10-25-53(50)70/h2-42,67H,1H3. The summed E-state index contributed by atoms with van der Waals surface area (Å²) in [7, 11) is 0. The molecule has 3 aliphatic carbocycles. The quantitative estimate of drug-likeness (QED) is 0.176. The van der Waals surface area contributed by atoms with Gasteiger partial charge in [-0.2, -0.15) is 0 Å². The molecule has 1 aromatic heterocycles. The summed E-state index contributed by atoms with van der Waals surface area (Å²) in [5.74, 6) is 3.56. The molecule has 3 heterocycles. The van der Waals surface area contributed by atoms with E-state index in [0.29, 0.717) is 0 Å². The van der Waals surface area contributed by atoms with Gasteiger partial charge in [0.15, 0.2) is 0 Å². The van der Waals surface area contributed by atoms with Crippen LogP contribution in [-0.2, 0) is 16.2 Å². The van der Waals surface area contributed by atoms with Crippen LogP contribution in [0.3, 0.4) is 0 Å². The number of ether oxygens (including phenoxy) is 2. The van der Waals surface area contributed by atoms with Crippen molar-refractivity contribution in [2.75, 3.05) is 4.90 Å². The first kappa shape index (κ1) is 41.5. The molecule has 0 bridgehead atoms. The van der Waals surface area contributed by atoms with E-state index in [1.165, 1.54) is 74.9 Å². The number of hydrogen-bond acceptors (Lipinski definition) is 4. The van der Waals surface area contributed by atoms with E-state index in [1.807, 2.05) is 11.3 Å². The van der Waals surface area contributed by atoms with Crippen LogP contribution < -0.4 is 24.8 Å². The van der Waals surface area contributed by atoms with Gasteiger partial charge >= 0.3 is 0 Å². The molecule has 3 atom stereocenters. The van der Waals surface area contributed by atoms with Gasteiger partial charge in [-0.3, -0.25) is 0 Å². The monoisotopic (exact) mass is 975 g/mol. The number of para-hydroxylation sites is 1. The number of fused-ring (bicyclic) bond motifs is 23. The van der Waals surface area contributed by atoms with Gasteiger partial charge in [-0.1, -0.05) is 183 Å². The first-order valence-electron chi connectivity index (χ1n) is 26.1. The molecular weight excluding hydrogens is 931 g/mol. The molecule has 17 rings (SSSR count). The van der Waals surface area contributed by atoms with Crippen molar-refractivity contribution in [3.8, 4) is 34.1 Å². The Morgan fingerprint density at radius 3 is 1.76 bits per heavy atom. The van der Waals surface area contributed by atoms with Gasteiger partial charge in [-0.05, 0) is 127 Å². The van der Waals surface area contributed by atoms with Crippen molar-refractivity contribution < 1.29 is 9.47 Å². The molecule has 2 spiro atoms. The number of anilines is 3. The molecule has 0 saturated heterocycles. The van der Waals surface area contributed by atoms with Crippen LogP contribution in [-0.4, -0.2) is 0 Å². The van der Waals surface area contributed by atoms with Gasteiger partial charge in [-0.15, -0.1) is 11.3 Å². The van der Waals surface area contributed by atoms with Crippen LogP contribution in [0.1, 0.15) is 51.4 Å². The predicted molar refractivity (Wildman–Crippen MR) is 307 cm³/mol. The van der Waals surface area contributed by atoms with Crippen molar-refractivity contribution >= 4 is 71.5 Å². The molecule has 4 heteroatoms. The average Bonchev–Trinajstić information content (AvgIpc) is 4.10. The van der Waals surface area contributed by atoms with E-state index >= 15 is 0 Å². The Morgan fingerprint density at radius 1 is 0.413 bits per heavy atom. The van der Waals surface area contributed by atoms with E-state index in [9.17, 15) is 0 Å². The molecule has 0 fully saturated rings. The summed E-state index contributed by atoms with van der Waals surface area (Å²) in [5, 5.41) is 7.36. The van der Waals surface area contributed by atoms with Crippen LogP contribution in [0.5, 0.6) is 23.0 Å². The summed E-state index contributed by atoms with van der Waals surface area (Å²) < 4.78 is 16.9. The molecule has 352 valence electrons. The zero-order valence-electron chi connectivity index (χ0n) is 40.9. The second-order valence-corrected chi connectivity index (χ2v) is 22.3. The van der Waals surface area contributed by atoms with Crippen LogP contribution in [0.25, 0.3) is 54.2 Å². The lowest BCUT2D eigenvalue weighted by molar-refractivity contribution is 0.353. The smallest absolute Gasteiger partial charge is 0.132 e. The maximum Gasteiger partial charge on any atom is 0.132 e. The topological polar surface area (TPSA) is 21.7 Å². The van der Waals surface area contributed by atoms with Crippen LogP contribution in [0.2, 0.25) is 0 Å². The molecule has 12 aromatic rings. The third kappa shape index (κ3) is 5.29. The molecule has 5 aliphatic rings. The van der Waals surface area contributed by atoms with Gasteiger partial charge in [-0.25, -0.2) is 0 Å². The number of benzene rings is 11. The average molecular weight is 976 g/mol. The Morgan fingerprint density at radius 2 is 0.973 bits per heavy atom. The van der Waals surface area contributed by atoms with Gasteiger partial charge in [0.1, 0.15) is 23.0 Å². The third-order valence-electron chi connectivity index (χ3n) is 17.7. The van der Waals surface area contributed by atoms with E-state index < -0.39 is 10.8 Å². The van der Waals surface area contributed by atoms with E-state index in [-0.39, 0.29) is 11.3 Å². The Bertz CT molecular complexity index is 4580. The largest absolute Gasteiger partial charge is 0.457 e. The lowest BCUT2D eigenvalue weighted by Crippen LogP contribution is -2.46. The van der Waals surface area contributed by atoms with Crippen molar-refractivity contribution in [1.82, 2.24) is 0 Å². The van der Waals surface area contributed by atoms with Crippen LogP contribution >= 0.6 is 11.3 Å². The minimum absolute atomic E-state index is 0.0356. The maximum atomic E-state index is 7.21. The van der Waals surface area contributed by atoms with Crippen LogP contribution in [0.4, 0.5) is 17.1 Å². The third-order valence-corrected chi connectivity index (χ3v) is 18.8. The summed E-state index contributed by atoms with van der Waals surface area (Å²) in [6.45, 7) is 2.46. The molecule has 75 heavy (non-hydrogen) atoms. The van der Waals surface area contributed by atoms with Crippen molar-refractivity contribution in [1.29, 1.82) is 0 Å². The number of hydrogen-bond donors (Lipinski definition) is 0. The fourth-order valence-electron chi connectivity index (χ4n) is 14.8. The first-order valence-corrected chi connectivity index (χ1v) is 26.9. The van der Waals surface area contributed by atoms with Gasteiger partial charge in [0.25, 0.3) is 0 Å². The van der Waals surface area contributed by atoms with Gasteiger partial charge < -0.3 is 14.4 Å². The second kappa shape index (κ2) is 14.8. The molecular formula is C71H45NO2S. The second-order valence-electron chi connectivity index (χ2n) is 21.2. The van der Waals surface area contributed by atoms with E-state index in [2.05, 4.69) is 261 Å². The highest BCUT2D eigenvalue weighted by Crippen LogP contribution is 2.68. The molecule has 0 radical (unpaired) electrons. The molecule has 3 unspecified atom stereocenters. The zero-order valence-corrected chi connectivity index (χ0v) is 41.7. The lowest BCUT2D eigenvalue weighted by Gasteiger charge is -2.45. The summed E-state index contributed by atoms with van der Waals surface area (Å²) in [6.07, 6.45) is 5.12. The van der Waals surface area contributed by atoms with Gasteiger partial charge in [0.05, 0.1) is 16.5 Å². The summed E-state index contributed by atoms with van der Waals surface area (Å²) in [6, 6.07) is 87.9. The van der Waals surface area contributed by atoms with Crippen molar-refractivity contribution in [3.05, 3.63) is 292 Å². The highest BCUT2D eigenvalue weighted by atomic mass is 32.1. The van der Waals surface area contributed by atoms with Crippen LogP contribution in [0, 0.1) is 5.92 Å². The van der Waals surface area contributed by atoms with E-state index in [1.54, 1.807) is 0 Å². The molecule has 2 aliphatic heterocycles. The van der Waals surface area contributed by atoms with Gasteiger partial charge in [0, 0.05) is 65.1 Å². The Labute approximate surface area is 438 Å². The van der Waals surface area contributed by atoms with Crippen molar-refractivity contribution in [3.63, 3.8) is 0 Å². The highest BCUT2D eigenvalue weighted by Gasteiger charge is 2.61. The number of rotatable bonds is 3. The molecule has 0 N–H and O–H groups in total. The van der Waals surface area contributed by atoms with Crippen LogP contribution in [0.15, 0.2) is 237 Å². The predicted octanol–water partition coefficient (Wildman–Crippen LogP) is 16.7. The zero-order chi connectivity index (χ0) is 49.2. The number of thiophene rings is 1.